The van der Waals surface area contributed by atoms with Crippen molar-refractivity contribution in [3.8, 4) is 0 Å². The lowest BCUT2D eigenvalue weighted by atomic mass is 10.0. The summed E-state index contributed by atoms with van der Waals surface area (Å²) in [5, 5.41) is 2.79. The second-order valence-corrected chi connectivity index (χ2v) is 7.69. The molecule has 0 aliphatic carbocycles. The Kier molecular flexibility index (Phi) is 6.62. The zero-order valence-corrected chi connectivity index (χ0v) is 16.2. The van der Waals surface area contributed by atoms with Crippen LogP contribution < -0.4 is 10.2 Å². The maximum Gasteiger partial charge on any atom is 0.418 e. The van der Waals surface area contributed by atoms with E-state index in [1.54, 1.807) is 31.7 Å². The van der Waals surface area contributed by atoms with E-state index in [1.165, 1.54) is 13.2 Å². The Hall–Kier alpha value is -1.96. The quantitative estimate of drug-likeness (QED) is 0.833. The van der Waals surface area contributed by atoms with E-state index in [4.69, 9.17) is 9.47 Å². The fourth-order valence-corrected chi connectivity index (χ4v) is 3.08. The van der Waals surface area contributed by atoms with Crippen LogP contribution in [0.1, 0.15) is 44.7 Å². The molecule has 2 rings (SSSR count). The van der Waals surface area contributed by atoms with E-state index in [2.05, 4.69) is 5.32 Å². The van der Waals surface area contributed by atoms with Gasteiger partial charge in [-0.2, -0.15) is 13.2 Å². The minimum atomic E-state index is -4.44. The van der Waals surface area contributed by atoms with E-state index in [0.29, 0.717) is 31.5 Å². The molecule has 0 unspecified atom stereocenters. The Labute approximate surface area is 157 Å². The summed E-state index contributed by atoms with van der Waals surface area (Å²) in [7, 11) is 1.45. The topological polar surface area (TPSA) is 50.8 Å². The molecule has 1 fully saturated rings. The van der Waals surface area contributed by atoms with E-state index < -0.39 is 23.4 Å². The summed E-state index contributed by atoms with van der Waals surface area (Å²) in [5.41, 5.74) is -0.597. The smallest absolute Gasteiger partial charge is 0.418 e. The van der Waals surface area contributed by atoms with Crippen molar-refractivity contribution >= 4 is 11.8 Å². The number of benzene rings is 1. The van der Waals surface area contributed by atoms with Crippen LogP contribution in [0, 0.1) is 0 Å². The molecule has 1 aromatic carbocycles. The standard InChI is InChI=1S/C19H27F3N2O3/c1-18(2,3)27-17(25)23-14-7-9-24(10-8-14)16-6-5-13(12-26-4)11-15(16)19(20,21)22/h5-6,11,14H,7-10,12H2,1-4H3,(H,23,25). The molecule has 0 saturated carbocycles. The number of hydrogen-bond donors (Lipinski definition) is 1. The molecular weight excluding hydrogens is 361 g/mol. The van der Waals surface area contributed by atoms with Crippen molar-refractivity contribution in [2.45, 2.75) is 58.0 Å². The van der Waals surface area contributed by atoms with Gasteiger partial charge < -0.3 is 19.7 Å². The van der Waals surface area contributed by atoms with Gasteiger partial charge in [-0.1, -0.05) is 6.07 Å². The van der Waals surface area contributed by atoms with Crippen LogP contribution in [-0.4, -0.2) is 37.9 Å². The van der Waals surface area contributed by atoms with Crippen LogP contribution in [-0.2, 0) is 22.3 Å². The molecule has 1 amide bonds. The Morgan fingerprint density at radius 1 is 1.22 bits per heavy atom. The second-order valence-electron chi connectivity index (χ2n) is 7.69. The van der Waals surface area contributed by atoms with Crippen molar-refractivity contribution in [3.63, 3.8) is 0 Å². The number of hydrogen-bond acceptors (Lipinski definition) is 4. The summed E-state index contributed by atoms with van der Waals surface area (Å²) < 4.78 is 50.6. The van der Waals surface area contributed by atoms with Crippen LogP contribution in [0.2, 0.25) is 0 Å². The van der Waals surface area contributed by atoms with Crippen LogP contribution in [0.25, 0.3) is 0 Å². The summed E-state index contributed by atoms with van der Waals surface area (Å²) in [6.07, 6.45) is -3.84. The molecule has 1 aliphatic heterocycles. The average molecular weight is 388 g/mol. The molecule has 1 saturated heterocycles. The van der Waals surface area contributed by atoms with Gasteiger partial charge >= 0.3 is 12.3 Å². The van der Waals surface area contributed by atoms with Gasteiger partial charge in [0.2, 0.25) is 0 Å². The lowest BCUT2D eigenvalue weighted by Gasteiger charge is -2.35. The van der Waals surface area contributed by atoms with E-state index in [1.807, 2.05) is 0 Å². The highest BCUT2D eigenvalue weighted by Gasteiger charge is 2.36. The number of carbonyl (C=O) groups is 1. The summed E-state index contributed by atoms with van der Waals surface area (Å²) in [6, 6.07) is 4.18. The number of carbonyl (C=O) groups excluding carboxylic acids is 1. The van der Waals surface area contributed by atoms with Crippen molar-refractivity contribution in [2.75, 3.05) is 25.1 Å². The largest absolute Gasteiger partial charge is 0.444 e. The van der Waals surface area contributed by atoms with Crippen LogP contribution in [0.15, 0.2) is 18.2 Å². The monoisotopic (exact) mass is 388 g/mol. The van der Waals surface area contributed by atoms with Crippen LogP contribution >= 0.6 is 0 Å². The maximum absolute atomic E-state index is 13.5. The second kappa shape index (κ2) is 8.37. The van der Waals surface area contributed by atoms with Crippen LogP contribution in [0.5, 0.6) is 0 Å². The average Bonchev–Trinajstić information content (AvgIpc) is 2.53. The molecule has 5 nitrogen and oxygen atoms in total. The van der Waals surface area contributed by atoms with E-state index in [9.17, 15) is 18.0 Å². The van der Waals surface area contributed by atoms with Crippen LogP contribution in [0.3, 0.4) is 0 Å². The van der Waals surface area contributed by atoms with Crippen LogP contribution in [0.4, 0.5) is 23.7 Å². The molecule has 8 heteroatoms. The van der Waals surface area contributed by atoms with Gasteiger partial charge in [0.05, 0.1) is 12.2 Å². The zero-order valence-electron chi connectivity index (χ0n) is 16.2. The number of nitrogens with one attached hydrogen (secondary N) is 1. The number of halogens is 3. The number of ether oxygens (including phenoxy) is 2. The first-order valence-corrected chi connectivity index (χ1v) is 8.93. The number of anilines is 1. The third-order valence-electron chi connectivity index (χ3n) is 4.23. The maximum atomic E-state index is 13.5. The lowest BCUT2D eigenvalue weighted by molar-refractivity contribution is -0.137. The predicted octanol–water partition coefficient (Wildman–Crippen LogP) is 4.35. The van der Waals surface area contributed by atoms with Gasteiger partial charge in [-0.15, -0.1) is 0 Å². The first-order valence-electron chi connectivity index (χ1n) is 8.93. The number of nitrogens with zero attached hydrogens (tertiary/aromatic N) is 1. The van der Waals surface area contributed by atoms with Gasteiger partial charge in [0, 0.05) is 31.9 Å². The fraction of sp³-hybridized carbons (Fsp3) is 0.632. The van der Waals surface area contributed by atoms with Gasteiger partial charge in [0.15, 0.2) is 0 Å². The molecule has 1 aliphatic rings. The highest BCUT2D eigenvalue weighted by molar-refractivity contribution is 5.68. The van der Waals surface area contributed by atoms with Gasteiger partial charge in [0.25, 0.3) is 0 Å². The SMILES string of the molecule is COCc1ccc(N2CCC(NC(=O)OC(C)(C)C)CC2)c(C(F)(F)F)c1. The fourth-order valence-electron chi connectivity index (χ4n) is 3.08. The minimum Gasteiger partial charge on any atom is -0.444 e. The van der Waals surface area contributed by atoms with Crippen molar-refractivity contribution in [3.05, 3.63) is 29.3 Å². The highest BCUT2D eigenvalue weighted by Crippen LogP contribution is 2.38. The highest BCUT2D eigenvalue weighted by atomic mass is 19.4. The van der Waals surface area contributed by atoms with Crippen molar-refractivity contribution in [2.24, 2.45) is 0 Å². The predicted molar refractivity (Wildman–Crippen MR) is 96.8 cm³/mol. The number of rotatable bonds is 4. The molecule has 1 aromatic rings. The Bertz CT molecular complexity index is 649. The third-order valence-corrected chi connectivity index (χ3v) is 4.23. The first kappa shape index (κ1) is 21.3. The molecule has 0 radical (unpaired) electrons. The lowest BCUT2D eigenvalue weighted by Crippen LogP contribution is -2.46. The summed E-state index contributed by atoms with van der Waals surface area (Å²) in [4.78, 5) is 13.6. The molecule has 1 N–H and O–H groups in total. The normalized spacial score (nSPS) is 16.3. The molecule has 152 valence electrons. The van der Waals surface area contributed by atoms with Gasteiger partial charge in [-0.25, -0.2) is 4.79 Å². The molecule has 0 aromatic heterocycles. The van der Waals surface area contributed by atoms with E-state index in [-0.39, 0.29) is 18.3 Å². The third kappa shape index (κ3) is 6.30. The molecule has 1 heterocycles. The zero-order chi connectivity index (χ0) is 20.2. The number of alkyl halides is 3. The van der Waals surface area contributed by atoms with E-state index >= 15 is 0 Å². The minimum absolute atomic E-state index is 0.113. The Morgan fingerprint density at radius 2 is 1.85 bits per heavy atom. The van der Waals surface area contributed by atoms with Gasteiger partial charge in [0.1, 0.15) is 5.60 Å². The van der Waals surface area contributed by atoms with Gasteiger partial charge in [-0.05, 0) is 51.3 Å². The van der Waals surface area contributed by atoms with Gasteiger partial charge in [-0.3, -0.25) is 0 Å². The Balaban J connectivity index is 2.04. The van der Waals surface area contributed by atoms with Crippen molar-refractivity contribution in [1.29, 1.82) is 0 Å². The summed E-state index contributed by atoms with van der Waals surface area (Å²) >= 11 is 0. The summed E-state index contributed by atoms with van der Waals surface area (Å²) in [6.45, 7) is 6.31. The molecule has 0 spiro atoms. The summed E-state index contributed by atoms with van der Waals surface area (Å²) in [5.74, 6) is 0. The number of methoxy groups -OCH3 is 1. The first-order chi connectivity index (χ1) is 12.5. The molecule has 0 bridgehead atoms. The number of alkyl carbamates (subject to hydrolysis) is 1. The van der Waals surface area contributed by atoms with Crippen molar-refractivity contribution in [1.82, 2.24) is 5.32 Å². The molecular formula is C19H27F3N2O3. The Morgan fingerprint density at radius 3 is 2.37 bits per heavy atom. The van der Waals surface area contributed by atoms with Crippen molar-refractivity contribution < 1.29 is 27.4 Å². The number of amides is 1. The van der Waals surface area contributed by atoms with E-state index in [0.717, 1.165) is 6.07 Å². The molecule has 27 heavy (non-hydrogen) atoms. The number of piperidine rings is 1. The molecule has 0 atom stereocenters.